The predicted octanol–water partition coefficient (Wildman–Crippen LogP) is 2.06. The first-order chi connectivity index (χ1) is 8.71. The molecule has 0 N–H and O–H groups in total. The molecule has 1 rings (SSSR count). The largest absolute Gasteiger partial charge is 0.383 e. The lowest BCUT2D eigenvalue weighted by Crippen LogP contribution is -2.40. The van der Waals surface area contributed by atoms with E-state index in [1.165, 1.54) is 0 Å². The number of alkyl halides is 1. The molecule has 5 heteroatoms. The molecule has 1 aliphatic rings. The molecule has 0 atom stereocenters. The highest BCUT2D eigenvalue weighted by molar-refractivity contribution is 9.09. The summed E-state index contributed by atoms with van der Waals surface area (Å²) in [5.41, 5.74) is 0. The van der Waals surface area contributed by atoms with E-state index in [9.17, 15) is 4.79 Å². The summed E-state index contributed by atoms with van der Waals surface area (Å²) in [5.74, 6) is 0.751. The molecule has 0 radical (unpaired) electrons. The average Bonchev–Trinajstić information content (AvgIpc) is 2.31. The number of halogens is 1. The second kappa shape index (κ2) is 8.88. The number of carbonyl (C=O) groups excluding carboxylic acids is 1. The fraction of sp³-hybridized carbons (Fsp3) is 0.923. The predicted molar refractivity (Wildman–Crippen MR) is 75.0 cm³/mol. The van der Waals surface area contributed by atoms with Crippen LogP contribution in [-0.2, 0) is 14.3 Å². The molecule has 1 fully saturated rings. The summed E-state index contributed by atoms with van der Waals surface area (Å²) >= 11 is 3.38. The smallest absolute Gasteiger partial charge is 0.222 e. The van der Waals surface area contributed by atoms with Gasteiger partial charge in [-0.3, -0.25) is 4.79 Å². The maximum atomic E-state index is 12.1. The molecule has 106 valence electrons. The zero-order valence-electron chi connectivity index (χ0n) is 11.4. The lowest BCUT2D eigenvalue weighted by atomic mass is 9.79. The molecule has 0 aromatic carbocycles. The topological polar surface area (TPSA) is 38.8 Å². The number of rotatable bonds is 9. The van der Waals surface area contributed by atoms with Crippen molar-refractivity contribution in [1.82, 2.24) is 4.90 Å². The van der Waals surface area contributed by atoms with Crippen molar-refractivity contribution in [3.8, 4) is 0 Å². The number of methoxy groups -OCH3 is 1. The number of hydrogen-bond acceptors (Lipinski definition) is 3. The molecule has 0 heterocycles. The second-order valence-electron chi connectivity index (χ2n) is 4.68. The van der Waals surface area contributed by atoms with E-state index in [0.717, 1.165) is 31.3 Å². The third-order valence-electron chi connectivity index (χ3n) is 3.33. The molecule has 0 aromatic rings. The van der Waals surface area contributed by atoms with E-state index >= 15 is 0 Å². The third kappa shape index (κ3) is 5.24. The van der Waals surface area contributed by atoms with Gasteiger partial charge in [0.1, 0.15) is 0 Å². The van der Waals surface area contributed by atoms with Crippen LogP contribution in [0.3, 0.4) is 0 Å². The van der Waals surface area contributed by atoms with Crippen LogP contribution in [0.1, 0.15) is 26.2 Å². The van der Waals surface area contributed by atoms with Crippen LogP contribution in [0.2, 0.25) is 0 Å². The molecular formula is C13H24BrNO3. The first-order valence-corrected chi connectivity index (χ1v) is 7.77. The summed E-state index contributed by atoms with van der Waals surface area (Å²) < 4.78 is 10.5. The molecule has 4 nitrogen and oxygen atoms in total. The lowest BCUT2D eigenvalue weighted by Gasteiger charge is -2.35. The first kappa shape index (κ1) is 15.9. The second-order valence-corrected chi connectivity index (χ2v) is 5.47. The standard InChI is InChI=1S/C13H24BrNO3/c1-3-18-12-8-11(9-12)10-13(16)15(5-4-14)6-7-17-2/h11-12H,3-10H2,1-2H3. The van der Waals surface area contributed by atoms with Gasteiger partial charge in [-0.1, -0.05) is 15.9 Å². The van der Waals surface area contributed by atoms with E-state index in [-0.39, 0.29) is 5.91 Å². The molecule has 1 aliphatic carbocycles. The summed E-state index contributed by atoms with van der Waals surface area (Å²) in [6, 6.07) is 0. The Hall–Kier alpha value is -0.130. The molecule has 1 amide bonds. The van der Waals surface area contributed by atoms with Crippen molar-refractivity contribution in [2.75, 3.05) is 38.7 Å². The first-order valence-electron chi connectivity index (χ1n) is 6.65. The van der Waals surface area contributed by atoms with Gasteiger partial charge in [-0.05, 0) is 25.7 Å². The molecule has 0 aromatic heterocycles. The van der Waals surface area contributed by atoms with Gasteiger partial charge in [0.05, 0.1) is 12.7 Å². The Labute approximate surface area is 118 Å². The summed E-state index contributed by atoms with van der Waals surface area (Å²) in [6.07, 6.45) is 3.11. The van der Waals surface area contributed by atoms with Crippen LogP contribution in [0.15, 0.2) is 0 Å². The third-order valence-corrected chi connectivity index (χ3v) is 3.69. The Bertz CT molecular complexity index is 244. The summed E-state index contributed by atoms with van der Waals surface area (Å²) in [7, 11) is 1.66. The van der Waals surface area contributed by atoms with Gasteiger partial charge >= 0.3 is 0 Å². The van der Waals surface area contributed by atoms with E-state index in [1.807, 2.05) is 11.8 Å². The summed E-state index contributed by atoms with van der Waals surface area (Å²) in [4.78, 5) is 14.0. The minimum Gasteiger partial charge on any atom is -0.383 e. The molecule has 0 aliphatic heterocycles. The number of carbonyl (C=O) groups is 1. The molecule has 0 saturated heterocycles. The van der Waals surface area contributed by atoms with Crippen molar-refractivity contribution in [2.45, 2.75) is 32.3 Å². The monoisotopic (exact) mass is 321 g/mol. The molecule has 18 heavy (non-hydrogen) atoms. The van der Waals surface area contributed by atoms with E-state index in [2.05, 4.69) is 15.9 Å². The average molecular weight is 322 g/mol. The van der Waals surface area contributed by atoms with E-state index < -0.39 is 0 Å². The van der Waals surface area contributed by atoms with Gasteiger partial charge in [0.2, 0.25) is 5.91 Å². The fourth-order valence-corrected chi connectivity index (χ4v) is 2.68. The SMILES string of the molecule is CCOC1CC(CC(=O)N(CCBr)CCOC)C1. The molecule has 0 unspecified atom stereocenters. The highest BCUT2D eigenvalue weighted by Crippen LogP contribution is 2.33. The van der Waals surface area contributed by atoms with Crippen molar-refractivity contribution < 1.29 is 14.3 Å². The van der Waals surface area contributed by atoms with Crippen LogP contribution in [0.25, 0.3) is 0 Å². The zero-order valence-corrected chi connectivity index (χ0v) is 12.9. The van der Waals surface area contributed by atoms with Crippen molar-refractivity contribution >= 4 is 21.8 Å². The maximum absolute atomic E-state index is 12.1. The minimum absolute atomic E-state index is 0.242. The summed E-state index contributed by atoms with van der Waals surface area (Å²) in [6.45, 7) is 4.83. The van der Waals surface area contributed by atoms with Crippen LogP contribution < -0.4 is 0 Å². The number of ether oxygens (including phenoxy) is 2. The zero-order chi connectivity index (χ0) is 13.4. The maximum Gasteiger partial charge on any atom is 0.222 e. The van der Waals surface area contributed by atoms with Crippen molar-refractivity contribution in [3.05, 3.63) is 0 Å². The van der Waals surface area contributed by atoms with E-state index in [0.29, 0.717) is 31.6 Å². The number of nitrogens with zero attached hydrogens (tertiary/aromatic N) is 1. The van der Waals surface area contributed by atoms with Crippen LogP contribution in [0.4, 0.5) is 0 Å². The Kier molecular flexibility index (Phi) is 7.86. The van der Waals surface area contributed by atoms with Gasteiger partial charge in [0.25, 0.3) is 0 Å². The van der Waals surface area contributed by atoms with Gasteiger partial charge in [-0.25, -0.2) is 0 Å². The Morgan fingerprint density at radius 1 is 1.39 bits per heavy atom. The van der Waals surface area contributed by atoms with Crippen molar-refractivity contribution in [1.29, 1.82) is 0 Å². The minimum atomic E-state index is 0.242. The van der Waals surface area contributed by atoms with Gasteiger partial charge in [-0.15, -0.1) is 0 Å². The van der Waals surface area contributed by atoms with Crippen LogP contribution in [-0.4, -0.2) is 55.7 Å². The van der Waals surface area contributed by atoms with Crippen LogP contribution in [0.5, 0.6) is 0 Å². The van der Waals surface area contributed by atoms with Crippen LogP contribution >= 0.6 is 15.9 Å². The van der Waals surface area contributed by atoms with Gasteiger partial charge in [0.15, 0.2) is 0 Å². The highest BCUT2D eigenvalue weighted by atomic mass is 79.9. The van der Waals surface area contributed by atoms with Crippen molar-refractivity contribution in [3.63, 3.8) is 0 Å². The molecule has 1 saturated carbocycles. The van der Waals surface area contributed by atoms with E-state index in [4.69, 9.17) is 9.47 Å². The van der Waals surface area contributed by atoms with Crippen molar-refractivity contribution in [2.24, 2.45) is 5.92 Å². The van der Waals surface area contributed by atoms with Gasteiger partial charge in [0, 0.05) is 38.6 Å². The fourth-order valence-electron chi connectivity index (χ4n) is 2.25. The highest BCUT2D eigenvalue weighted by Gasteiger charge is 2.32. The normalized spacial score (nSPS) is 22.6. The number of amides is 1. The molecule has 0 bridgehead atoms. The van der Waals surface area contributed by atoms with E-state index in [1.54, 1.807) is 7.11 Å². The lowest BCUT2D eigenvalue weighted by molar-refractivity contribution is -0.134. The molecule has 0 spiro atoms. The van der Waals surface area contributed by atoms with Crippen LogP contribution in [0, 0.1) is 5.92 Å². The quantitative estimate of drug-likeness (QED) is 0.610. The molecular weight excluding hydrogens is 298 g/mol. The Balaban J connectivity index is 2.24. The Morgan fingerprint density at radius 3 is 2.67 bits per heavy atom. The van der Waals surface area contributed by atoms with Gasteiger partial charge < -0.3 is 14.4 Å². The summed E-state index contributed by atoms with van der Waals surface area (Å²) in [5, 5.41) is 0.814. The van der Waals surface area contributed by atoms with Gasteiger partial charge in [-0.2, -0.15) is 0 Å². The number of hydrogen-bond donors (Lipinski definition) is 0. The Morgan fingerprint density at radius 2 is 2.11 bits per heavy atom.